The molecule has 0 aromatic heterocycles. The van der Waals surface area contributed by atoms with Crippen LogP contribution in [-0.2, 0) is 24.0 Å². The molecule has 0 radical (unpaired) electrons. The number of rotatable bonds is 12. The summed E-state index contributed by atoms with van der Waals surface area (Å²) in [6.07, 6.45) is -1.62. The van der Waals surface area contributed by atoms with Gasteiger partial charge in [0, 0.05) is 0 Å². The van der Waals surface area contributed by atoms with Crippen LogP contribution < -0.4 is 27.4 Å². The zero-order valence-corrected chi connectivity index (χ0v) is 17.0. The van der Waals surface area contributed by atoms with Crippen molar-refractivity contribution < 1.29 is 34.2 Å². The summed E-state index contributed by atoms with van der Waals surface area (Å²) in [7, 11) is 0. The fourth-order valence-electron chi connectivity index (χ4n) is 2.33. The van der Waals surface area contributed by atoms with Gasteiger partial charge in [0.05, 0.1) is 18.6 Å². The van der Waals surface area contributed by atoms with Gasteiger partial charge < -0.3 is 37.6 Å². The van der Waals surface area contributed by atoms with Gasteiger partial charge in [-0.05, 0) is 26.2 Å². The topological polar surface area (TPSA) is 214 Å². The van der Waals surface area contributed by atoms with Gasteiger partial charge in [0.15, 0.2) is 0 Å². The largest absolute Gasteiger partial charge is 0.480 e. The number of amides is 4. The molecule has 5 atom stereocenters. The van der Waals surface area contributed by atoms with Crippen molar-refractivity contribution >= 4 is 29.6 Å². The number of carboxylic acids is 1. The number of aliphatic hydroxyl groups excluding tert-OH is 1. The lowest BCUT2D eigenvalue weighted by Crippen LogP contribution is -2.60. The highest BCUT2D eigenvalue weighted by Gasteiger charge is 2.32. The van der Waals surface area contributed by atoms with Crippen LogP contribution in [-0.4, -0.2) is 70.1 Å². The SMILES string of the molecule is CC(C)CC(N)C(=O)NC(CC(N)=O)C(=O)NC(C(=O)NC(C)C(=O)O)C(C)O. The Labute approximate surface area is 168 Å². The molecule has 0 saturated heterocycles. The van der Waals surface area contributed by atoms with Crippen LogP contribution in [0.5, 0.6) is 0 Å². The lowest BCUT2D eigenvalue weighted by molar-refractivity contribution is -0.142. The molecule has 166 valence electrons. The molecule has 0 aliphatic carbocycles. The number of carboxylic acid groups (broad SMARTS) is 1. The van der Waals surface area contributed by atoms with Crippen LogP contribution in [0.1, 0.15) is 40.5 Å². The van der Waals surface area contributed by atoms with E-state index in [4.69, 9.17) is 16.6 Å². The number of aliphatic carboxylic acids is 1. The minimum atomic E-state index is -1.53. The van der Waals surface area contributed by atoms with Crippen LogP contribution in [0.4, 0.5) is 0 Å². The monoisotopic (exact) mass is 417 g/mol. The molecule has 0 aromatic rings. The van der Waals surface area contributed by atoms with Gasteiger partial charge in [-0.25, -0.2) is 0 Å². The van der Waals surface area contributed by atoms with E-state index in [1.54, 1.807) is 0 Å². The number of nitrogens with one attached hydrogen (secondary N) is 3. The number of carbonyl (C=O) groups is 5. The summed E-state index contributed by atoms with van der Waals surface area (Å²) in [5.41, 5.74) is 10.9. The molecule has 0 aliphatic rings. The Morgan fingerprint density at radius 3 is 1.86 bits per heavy atom. The van der Waals surface area contributed by atoms with Crippen LogP contribution in [0, 0.1) is 5.92 Å². The van der Waals surface area contributed by atoms with E-state index >= 15 is 0 Å². The van der Waals surface area contributed by atoms with Crippen molar-refractivity contribution in [1.29, 1.82) is 0 Å². The fourth-order valence-corrected chi connectivity index (χ4v) is 2.33. The number of hydrogen-bond acceptors (Lipinski definition) is 7. The third kappa shape index (κ3) is 9.85. The van der Waals surface area contributed by atoms with E-state index in [0.29, 0.717) is 6.42 Å². The molecule has 0 heterocycles. The molecule has 0 rings (SSSR count). The van der Waals surface area contributed by atoms with E-state index in [9.17, 15) is 29.1 Å². The van der Waals surface area contributed by atoms with E-state index in [1.165, 1.54) is 13.8 Å². The third-order valence-electron chi connectivity index (χ3n) is 3.89. The van der Waals surface area contributed by atoms with Crippen LogP contribution in [0.25, 0.3) is 0 Å². The first-order valence-electron chi connectivity index (χ1n) is 9.12. The van der Waals surface area contributed by atoms with Gasteiger partial charge in [-0.1, -0.05) is 13.8 Å². The van der Waals surface area contributed by atoms with Crippen molar-refractivity contribution in [2.45, 2.75) is 70.8 Å². The molecule has 0 spiro atoms. The second-order valence-corrected chi connectivity index (χ2v) is 7.26. The van der Waals surface area contributed by atoms with Crippen molar-refractivity contribution in [3.05, 3.63) is 0 Å². The first-order valence-corrected chi connectivity index (χ1v) is 9.12. The van der Waals surface area contributed by atoms with Crippen LogP contribution in [0.3, 0.4) is 0 Å². The standard InChI is InChI=1S/C17H31N5O7/c1-7(2)5-10(18)14(25)21-11(6-12(19)24)15(26)22-13(9(4)23)16(27)20-8(3)17(28)29/h7-11,13,23H,5-6,18H2,1-4H3,(H2,19,24)(H,20,27)(H,21,25)(H,22,26)(H,28,29). The summed E-state index contributed by atoms with van der Waals surface area (Å²) in [6.45, 7) is 6.11. The number of hydrogen-bond donors (Lipinski definition) is 7. The average molecular weight is 417 g/mol. The molecule has 5 unspecified atom stereocenters. The predicted octanol–water partition coefficient (Wildman–Crippen LogP) is -2.83. The number of carbonyl (C=O) groups excluding carboxylic acids is 4. The summed E-state index contributed by atoms with van der Waals surface area (Å²) in [4.78, 5) is 59.0. The third-order valence-corrected chi connectivity index (χ3v) is 3.89. The smallest absolute Gasteiger partial charge is 0.325 e. The summed E-state index contributed by atoms with van der Waals surface area (Å²) in [6, 6.07) is -5.15. The zero-order valence-electron chi connectivity index (χ0n) is 17.0. The average Bonchev–Trinajstić information content (AvgIpc) is 2.56. The van der Waals surface area contributed by atoms with Crippen molar-refractivity contribution in [2.24, 2.45) is 17.4 Å². The van der Waals surface area contributed by atoms with Gasteiger partial charge in [0.1, 0.15) is 18.1 Å². The van der Waals surface area contributed by atoms with E-state index in [1.807, 2.05) is 13.8 Å². The molecule has 0 fully saturated rings. The lowest BCUT2D eigenvalue weighted by atomic mass is 10.0. The number of primary amides is 1. The van der Waals surface area contributed by atoms with Crippen LogP contribution >= 0.6 is 0 Å². The predicted molar refractivity (Wildman–Crippen MR) is 102 cm³/mol. The first-order chi connectivity index (χ1) is 13.3. The molecule has 9 N–H and O–H groups in total. The van der Waals surface area contributed by atoms with Crippen molar-refractivity contribution in [1.82, 2.24) is 16.0 Å². The molecule has 0 bridgehead atoms. The van der Waals surface area contributed by atoms with Crippen LogP contribution in [0.2, 0.25) is 0 Å². The molecule has 0 aromatic carbocycles. The Bertz CT molecular complexity index is 623. The summed E-state index contributed by atoms with van der Waals surface area (Å²) in [5.74, 6) is -4.69. The Morgan fingerprint density at radius 1 is 0.897 bits per heavy atom. The van der Waals surface area contributed by atoms with Gasteiger partial charge in [0.2, 0.25) is 23.6 Å². The van der Waals surface area contributed by atoms with E-state index in [2.05, 4.69) is 16.0 Å². The van der Waals surface area contributed by atoms with Gasteiger partial charge in [0.25, 0.3) is 0 Å². The summed E-state index contributed by atoms with van der Waals surface area (Å²) in [5, 5.41) is 25.3. The van der Waals surface area contributed by atoms with E-state index in [0.717, 1.165) is 0 Å². The summed E-state index contributed by atoms with van der Waals surface area (Å²) < 4.78 is 0. The molecular formula is C17H31N5O7. The molecule has 0 aliphatic heterocycles. The van der Waals surface area contributed by atoms with Crippen molar-refractivity contribution in [3.63, 3.8) is 0 Å². The first kappa shape index (κ1) is 26.3. The maximum absolute atomic E-state index is 12.5. The van der Waals surface area contributed by atoms with Gasteiger partial charge in [-0.3, -0.25) is 24.0 Å². The van der Waals surface area contributed by atoms with Gasteiger partial charge in [-0.2, -0.15) is 0 Å². The fraction of sp³-hybridized carbons (Fsp3) is 0.706. The highest BCUT2D eigenvalue weighted by Crippen LogP contribution is 2.04. The minimum absolute atomic E-state index is 0.110. The maximum atomic E-state index is 12.5. The molecular weight excluding hydrogens is 386 g/mol. The quantitative estimate of drug-likeness (QED) is 0.175. The highest BCUT2D eigenvalue weighted by atomic mass is 16.4. The zero-order chi connectivity index (χ0) is 22.9. The second-order valence-electron chi connectivity index (χ2n) is 7.26. The Hall–Kier alpha value is -2.73. The molecule has 0 saturated carbocycles. The molecule has 29 heavy (non-hydrogen) atoms. The molecule has 12 nitrogen and oxygen atoms in total. The summed E-state index contributed by atoms with van der Waals surface area (Å²) >= 11 is 0. The van der Waals surface area contributed by atoms with Gasteiger partial charge in [-0.15, -0.1) is 0 Å². The van der Waals surface area contributed by atoms with Crippen LogP contribution in [0.15, 0.2) is 0 Å². The highest BCUT2D eigenvalue weighted by molar-refractivity contribution is 5.96. The lowest BCUT2D eigenvalue weighted by Gasteiger charge is -2.25. The molecule has 12 heteroatoms. The Kier molecular flexibility index (Phi) is 10.8. The number of nitrogens with two attached hydrogens (primary N) is 2. The van der Waals surface area contributed by atoms with E-state index < -0.39 is 66.3 Å². The molecule has 4 amide bonds. The van der Waals surface area contributed by atoms with E-state index in [-0.39, 0.29) is 5.92 Å². The Balaban J connectivity index is 5.29. The second kappa shape index (κ2) is 12.0. The van der Waals surface area contributed by atoms with Crippen molar-refractivity contribution in [2.75, 3.05) is 0 Å². The van der Waals surface area contributed by atoms with Gasteiger partial charge >= 0.3 is 5.97 Å². The normalized spacial score (nSPS) is 16.1. The number of aliphatic hydroxyl groups is 1. The minimum Gasteiger partial charge on any atom is -0.480 e. The van der Waals surface area contributed by atoms with Crippen molar-refractivity contribution in [3.8, 4) is 0 Å². The maximum Gasteiger partial charge on any atom is 0.325 e. The Morgan fingerprint density at radius 2 is 1.45 bits per heavy atom.